The Morgan fingerprint density at radius 1 is 0.425 bits per heavy atom. The van der Waals surface area contributed by atoms with E-state index < -0.39 is 17.9 Å². The SMILES string of the molecule is O=C(O)c1cccc2cccnc12.O=C(O)c1cccc2cccnc12.O=C(O)c1cccc2cccnc12.[Al]. The van der Waals surface area contributed by atoms with Crippen molar-refractivity contribution < 1.29 is 29.7 Å². The van der Waals surface area contributed by atoms with E-state index in [9.17, 15) is 14.4 Å². The Morgan fingerprint density at radius 3 is 0.925 bits per heavy atom. The molecular formula is C30H21AlN3O6. The summed E-state index contributed by atoms with van der Waals surface area (Å²) in [7, 11) is 0. The Hall–Kier alpha value is -5.17. The number of aromatic carboxylic acids is 3. The average Bonchev–Trinajstić information content (AvgIpc) is 2.96. The highest BCUT2D eigenvalue weighted by atomic mass is 27.0. The van der Waals surface area contributed by atoms with Gasteiger partial charge in [0.05, 0.1) is 33.2 Å². The Labute approximate surface area is 238 Å². The summed E-state index contributed by atoms with van der Waals surface area (Å²) >= 11 is 0. The number of benzene rings is 3. The highest BCUT2D eigenvalue weighted by Gasteiger charge is 2.09. The summed E-state index contributed by atoms with van der Waals surface area (Å²) in [5.74, 6) is -2.82. The van der Waals surface area contributed by atoms with E-state index in [0.717, 1.165) is 16.2 Å². The predicted octanol–water partition coefficient (Wildman–Crippen LogP) is 5.42. The quantitative estimate of drug-likeness (QED) is 0.247. The van der Waals surface area contributed by atoms with Crippen LogP contribution in [0.3, 0.4) is 0 Å². The molecule has 0 unspecified atom stereocenters. The monoisotopic (exact) mass is 546 g/mol. The first kappa shape index (κ1) is 29.4. The standard InChI is InChI=1S/3C10H7NO2.Al/c3*12-10(13)8-5-1-3-7-4-2-6-11-9(7)8;/h3*1-6H,(H,12,13);. The van der Waals surface area contributed by atoms with Crippen LogP contribution in [0, 0.1) is 0 Å². The van der Waals surface area contributed by atoms with Crippen LogP contribution in [0.4, 0.5) is 0 Å². The second-order valence-electron chi connectivity index (χ2n) is 8.06. The van der Waals surface area contributed by atoms with E-state index in [0.29, 0.717) is 16.6 Å². The fraction of sp³-hybridized carbons (Fsp3) is 0. The van der Waals surface area contributed by atoms with E-state index in [1.54, 1.807) is 73.2 Å². The lowest BCUT2D eigenvalue weighted by Crippen LogP contribution is -1.97. The zero-order valence-electron chi connectivity index (χ0n) is 20.9. The van der Waals surface area contributed by atoms with E-state index in [2.05, 4.69) is 15.0 Å². The molecule has 0 saturated carbocycles. The molecule has 9 nitrogen and oxygen atoms in total. The van der Waals surface area contributed by atoms with Crippen LogP contribution in [0.1, 0.15) is 31.1 Å². The molecule has 0 amide bonds. The maximum absolute atomic E-state index is 10.8. The molecule has 0 aliphatic carbocycles. The molecule has 0 bridgehead atoms. The minimum absolute atomic E-state index is 0. The van der Waals surface area contributed by atoms with Crippen molar-refractivity contribution in [1.82, 2.24) is 15.0 Å². The molecule has 3 aromatic heterocycles. The highest BCUT2D eigenvalue weighted by Crippen LogP contribution is 2.17. The van der Waals surface area contributed by atoms with Crippen molar-refractivity contribution in [2.24, 2.45) is 0 Å². The number of carboxylic acids is 3. The number of pyridine rings is 3. The van der Waals surface area contributed by atoms with Crippen molar-refractivity contribution in [1.29, 1.82) is 0 Å². The summed E-state index contributed by atoms with van der Waals surface area (Å²) in [5.41, 5.74) is 2.36. The molecule has 0 atom stereocenters. The molecule has 0 aliphatic rings. The van der Waals surface area contributed by atoms with Gasteiger partial charge in [0.15, 0.2) is 0 Å². The van der Waals surface area contributed by atoms with Crippen LogP contribution < -0.4 is 0 Å². The molecule has 3 N–H and O–H groups in total. The molecular weight excluding hydrogens is 525 g/mol. The maximum atomic E-state index is 10.8. The number of carboxylic acid groups (broad SMARTS) is 3. The number of para-hydroxylation sites is 3. The molecule has 3 heterocycles. The third-order valence-corrected chi connectivity index (χ3v) is 5.59. The van der Waals surface area contributed by atoms with Gasteiger partial charge in [0.2, 0.25) is 0 Å². The minimum atomic E-state index is -0.940. The summed E-state index contributed by atoms with van der Waals surface area (Å²) < 4.78 is 0. The lowest BCUT2D eigenvalue weighted by molar-refractivity contribution is 0.0688. The summed E-state index contributed by atoms with van der Waals surface area (Å²) in [6.07, 6.45) is 4.78. The third kappa shape index (κ3) is 6.82. The highest BCUT2D eigenvalue weighted by molar-refractivity contribution is 6.03. The first-order chi connectivity index (χ1) is 18.9. The lowest BCUT2D eigenvalue weighted by Gasteiger charge is -1.99. The van der Waals surface area contributed by atoms with Crippen LogP contribution in [0.2, 0.25) is 0 Å². The summed E-state index contributed by atoms with van der Waals surface area (Å²) in [6, 6.07) is 26.2. The van der Waals surface area contributed by atoms with Gasteiger partial charge in [-0.2, -0.15) is 0 Å². The zero-order chi connectivity index (χ0) is 27.8. The van der Waals surface area contributed by atoms with E-state index in [1.807, 2.05) is 36.4 Å². The zero-order valence-corrected chi connectivity index (χ0v) is 22.0. The topological polar surface area (TPSA) is 151 Å². The smallest absolute Gasteiger partial charge is 0.337 e. The summed E-state index contributed by atoms with van der Waals surface area (Å²) in [6.45, 7) is 0. The Morgan fingerprint density at radius 2 is 0.675 bits per heavy atom. The average molecular weight is 546 g/mol. The Balaban J connectivity index is 0.000000163. The van der Waals surface area contributed by atoms with E-state index in [-0.39, 0.29) is 34.1 Å². The largest absolute Gasteiger partial charge is 0.478 e. The van der Waals surface area contributed by atoms with Crippen LogP contribution in [0.15, 0.2) is 110 Å². The first-order valence-electron chi connectivity index (χ1n) is 11.6. The van der Waals surface area contributed by atoms with Gasteiger partial charge in [0.1, 0.15) is 0 Å². The normalized spacial score (nSPS) is 9.90. The molecule has 40 heavy (non-hydrogen) atoms. The van der Waals surface area contributed by atoms with E-state index in [4.69, 9.17) is 15.3 Å². The van der Waals surface area contributed by atoms with Crippen molar-refractivity contribution in [2.75, 3.05) is 0 Å². The van der Waals surface area contributed by atoms with Crippen molar-refractivity contribution in [3.63, 3.8) is 0 Å². The molecule has 3 aromatic carbocycles. The second-order valence-corrected chi connectivity index (χ2v) is 8.06. The molecule has 0 aliphatic heterocycles. The van der Waals surface area contributed by atoms with Gasteiger partial charge < -0.3 is 15.3 Å². The Kier molecular flexibility index (Phi) is 9.97. The molecule has 6 rings (SSSR count). The van der Waals surface area contributed by atoms with Crippen LogP contribution in [-0.4, -0.2) is 65.5 Å². The molecule has 6 aromatic rings. The Bertz CT molecular complexity index is 1600. The van der Waals surface area contributed by atoms with Crippen LogP contribution in [0.25, 0.3) is 32.7 Å². The van der Waals surface area contributed by atoms with Crippen molar-refractivity contribution in [3.8, 4) is 0 Å². The maximum Gasteiger partial charge on any atom is 0.337 e. The van der Waals surface area contributed by atoms with Crippen molar-refractivity contribution >= 4 is 68.0 Å². The first-order valence-corrected chi connectivity index (χ1v) is 11.6. The number of nitrogens with zero attached hydrogens (tertiary/aromatic N) is 3. The molecule has 0 fully saturated rings. The lowest BCUT2D eigenvalue weighted by atomic mass is 10.1. The number of hydrogen-bond donors (Lipinski definition) is 3. The van der Waals surface area contributed by atoms with Gasteiger partial charge in [0, 0.05) is 52.1 Å². The number of carbonyl (C=O) groups is 3. The molecule has 0 spiro atoms. The number of rotatable bonds is 3. The van der Waals surface area contributed by atoms with Gasteiger partial charge in [-0.05, 0) is 36.4 Å². The van der Waals surface area contributed by atoms with Gasteiger partial charge in [-0.25, -0.2) is 14.4 Å². The molecule has 195 valence electrons. The van der Waals surface area contributed by atoms with E-state index >= 15 is 0 Å². The molecule has 0 saturated heterocycles. The van der Waals surface area contributed by atoms with Crippen LogP contribution >= 0.6 is 0 Å². The van der Waals surface area contributed by atoms with Gasteiger partial charge in [0.25, 0.3) is 0 Å². The predicted molar refractivity (Wildman–Crippen MR) is 152 cm³/mol. The van der Waals surface area contributed by atoms with Crippen LogP contribution in [0.5, 0.6) is 0 Å². The van der Waals surface area contributed by atoms with E-state index in [1.165, 1.54) is 0 Å². The second kappa shape index (κ2) is 13.6. The number of fused-ring (bicyclic) bond motifs is 3. The summed E-state index contributed by atoms with van der Waals surface area (Å²) in [4.78, 5) is 44.4. The number of hydrogen-bond acceptors (Lipinski definition) is 6. The molecule has 3 radical (unpaired) electrons. The fourth-order valence-corrected chi connectivity index (χ4v) is 3.83. The van der Waals surface area contributed by atoms with Crippen molar-refractivity contribution in [2.45, 2.75) is 0 Å². The fourth-order valence-electron chi connectivity index (χ4n) is 3.83. The summed E-state index contributed by atoms with van der Waals surface area (Å²) in [5, 5.41) is 29.1. The minimum Gasteiger partial charge on any atom is -0.478 e. The third-order valence-electron chi connectivity index (χ3n) is 5.59. The van der Waals surface area contributed by atoms with Gasteiger partial charge in [-0.3, -0.25) is 15.0 Å². The van der Waals surface area contributed by atoms with Gasteiger partial charge in [-0.15, -0.1) is 0 Å². The van der Waals surface area contributed by atoms with Crippen LogP contribution in [-0.2, 0) is 0 Å². The van der Waals surface area contributed by atoms with Crippen molar-refractivity contribution in [3.05, 3.63) is 126 Å². The number of aromatic nitrogens is 3. The molecule has 10 heteroatoms. The van der Waals surface area contributed by atoms with Gasteiger partial charge >= 0.3 is 17.9 Å². The van der Waals surface area contributed by atoms with Gasteiger partial charge in [-0.1, -0.05) is 54.6 Å².